The molecule has 0 radical (unpaired) electrons. The van der Waals surface area contributed by atoms with Gasteiger partial charge in [-0.3, -0.25) is 0 Å². The average molecular weight is 326 g/mol. The predicted molar refractivity (Wildman–Crippen MR) is 89.6 cm³/mol. The molecule has 4 rings (SSSR count). The molecule has 0 spiro atoms. The van der Waals surface area contributed by atoms with Crippen molar-refractivity contribution < 1.29 is 4.74 Å². The monoisotopic (exact) mass is 326 g/mol. The Hall–Kier alpha value is -2.21. The number of ether oxygens (including phenoxy) is 1. The molecule has 2 heterocycles. The fourth-order valence-corrected chi connectivity index (χ4v) is 3.47. The van der Waals surface area contributed by atoms with E-state index in [1.165, 1.54) is 12.8 Å². The molecule has 6 heteroatoms. The van der Waals surface area contributed by atoms with E-state index in [9.17, 15) is 0 Å². The van der Waals surface area contributed by atoms with Crippen LogP contribution in [-0.4, -0.2) is 19.7 Å². The van der Waals surface area contributed by atoms with E-state index in [0.29, 0.717) is 12.6 Å². The second kappa shape index (κ2) is 5.77. The Balaban J connectivity index is 1.51. The van der Waals surface area contributed by atoms with Gasteiger partial charge in [0, 0.05) is 22.7 Å². The SMILES string of the molecule is Cc1csc(-c2cccc(OCc3nnc(C)n3C3CC3)c2)n1. The number of nitrogens with zero attached hydrogens (tertiary/aromatic N) is 4. The van der Waals surface area contributed by atoms with Gasteiger partial charge in [-0.2, -0.15) is 0 Å². The van der Waals surface area contributed by atoms with E-state index in [0.717, 1.165) is 33.7 Å². The van der Waals surface area contributed by atoms with Crippen molar-refractivity contribution in [1.29, 1.82) is 0 Å². The van der Waals surface area contributed by atoms with Crippen molar-refractivity contribution in [2.45, 2.75) is 39.3 Å². The van der Waals surface area contributed by atoms with Crippen LogP contribution in [-0.2, 0) is 6.61 Å². The summed E-state index contributed by atoms with van der Waals surface area (Å²) >= 11 is 1.65. The number of aromatic nitrogens is 4. The number of aryl methyl sites for hydroxylation is 2. The molecule has 1 aliphatic carbocycles. The van der Waals surface area contributed by atoms with Gasteiger partial charge in [-0.15, -0.1) is 21.5 Å². The van der Waals surface area contributed by atoms with Crippen LogP contribution in [0.15, 0.2) is 29.6 Å². The molecule has 5 nitrogen and oxygen atoms in total. The number of rotatable bonds is 5. The van der Waals surface area contributed by atoms with Gasteiger partial charge in [0.2, 0.25) is 0 Å². The van der Waals surface area contributed by atoms with Gasteiger partial charge >= 0.3 is 0 Å². The van der Waals surface area contributed by atoms with Crippen LogP contribution in [0.1, 0.15) is 36.2 Å². The van der Waals surface area contributed by atoms with Crippen molar-refractivity contribution in [2.24, 2.45) is 0 Å². The van der Waals surface area contributed by atoms with E-state index >= 15 is 0 Å². The first kappa shape index (κ1) is 14.4. The van der Waals surface area contributed by atoms with Crippen molar-refractivity contribution in [3.05, 3.63) is 47.0 Å². The third-order valence-electron chi connectivity index (χ3n) is 3.92. The van der Waals surface area contributed by atoms with Crippen LogP contribution < -0.4 is 4.74 Å². The molecule has 0 N–H and O–H groups in total. The zero-order valence-electron chi connectivity index (χ0n) is 13.2. The Labute approximate surface area is 139 Å². The molecule has 0 unspecified atom stereocenters. The number of thiazole rings is 1. The maximum Gasteiger partial charge on any atom is 0.171 e. The molecule has 0 atom stereocenters. The first-order chi connectivity index (χ1) is 11.2. The third kappa shape index (κ3) is 2.99. The lowest BCUT2D eigenvalue weighted by Crippen LogP contribution is -2.07. The van der Waals surface area contributed by atoms with Crippen LogP contribution in [0.2, 0.25) is 0 Å². The Morgan fingerprint density at radius 2 is 2.13 bits per heavy atom. The van der Waals surface area contributed by atoms with Crippen molar-refractivity contribution in [2.75, 3.05) is 0 Å². The highest BCUT2D eigenvalue weighted by Gasteiger charge is 2.28. The molecule has 0 amide bonds. The normalized spacial score (nSPS) is 14.2. The fourth-order valence-electron chi connectivity index (χ4n) is 2.67. The molecule has 1 aliphatic rings. The highest BCUT2D eigenvalue weighted by Crippen LogP contribution is 2.36. The van der Waals surface area contributed by atoms with Crippen LogP contribution >= 0.6 is 11.3 Å². The second-order valence-corrected chi connectivity index (χ2v) is 6.73. The Bertz CT molecular complexity index is 835. The second-order valence-electron chi connectivity index (χ2n) is 5.88. The van der Waals surface area contributed by atoms with Gasteiger partial charge in [0.05, 0.1) is 0 Å². The van der Waals surface area contributed by atoms with Crippen LogP contribution in [0.3, 0.4) is 0 Å². The summed E-state index contributed by atoms with van der Waals surface area (Å²) in [5.74, 6) is 2.71. The van der Waals surface area contributed by atoms with Crippen LogP contribution in [0.5, 0.6) is 5.75 Å². The van der Waals surface area contributed by atoms with Crippen molar-refractivity contribution in [1.82, 2.24) is 19.7 Å². The number of benzene rings is 1. The molecule has 0 saturated heterocycles. The molecule has 1 saturated carbocycles. The van der Waals surface area contributed by atoms with E-state index in [4.69, 9.17) is 4.74 Å². The van der Waals surface area contributed by atoms with E-state index < -0.39 is 0 Å². The lowest BCUT2D eigenvalue weighted by Gasteiger charge is -2.09. The van der Waals surface area contributed by atoms with Gasteiger partial charge in [-0.1, -0.05) is 12.1 Å². The maximum absolute atomic E-state index is 5.95. The molecule has 0 aliphatic heterocycles. The van der Waals surface area contributed by atoms with Crippen LogP contribution in [0.25, 0.3) is 10.6 Å². The summed E-state index contributed by atoms with van der Waals surface area (Å²) in [4.78, 5) is 4.53. The smallest absolute Gasteiger partial charge is 0.171 e. The molecule has 118 valence electrons. The Kier molecular flexibility index (Phi) is 3.61. The molecule has 1 fully saturated rings. The Morgan fingerprint density at radius 3 is 2.87 bits per heavy atom. The third-order valence-corrected chi connectivity index (χ3v) is 4.93. The summed E-state index contributed by atoms with van der Waals surface area (Å²) in [6, 6.07) is 8.62. The highest BCUT2D eigenvalue weighted by molar-refractivity contribution is 7.13. The van der Waals surface area contributed by atoms with Gasteiger partial charge in [-0.25, -0.2) is 4.98 Å². The summed E-state index contributed by atoms with van der Waals surface area (Å²) in [6.45, 7) is 4.45. The minimum absolute atomic E-state index is 0.442. The predicted octanol–water partition coefficient (Wildman–Crippen LogP) is 3.93. The van der Waals surface area contributed by atoms with Crippen molar-refractivity contribution in [3.63, 3.8) is 0 Å². The van der Waals surface area contributed by atoms with Crippen molar-refractivity contribution in [3.8, 4) is 16.3 Å². The quantitative estimate of drug-likeness (QED) is 0.713. The molecule has 23 heavy (non-hydrogen) atoms. The molecular weight excluding hydrogens is 308 g/mol. The number of hydrogen-bond donors (Lipinski definition) is 0. The topological polar surface area (TPSA) is 52.8 Å². The van der Waals surface area contributed by atoms with E-state index in [1.807, 2.05) is 32.0 Å². The van der Waals surface area contributed by atoms with E-state index in [2.05, 4.69) is 31.2 Å². The zero-order chi connectivity index (χ0) is 15.8. The summed E-state index contributed by atoms with van der Waals surface area (Å²) in [5.41, 5.74) is 2.13. The first-order valence-corrected chi connectivity index (χ1v) is 8.64. The van der Waals surface area contributed by atoms with Crippen LogP contribution in [0, 0.1) is 13.8 Å². The molecular formula is C17H18N4OS. The van der Waals surface area contributed by atoms with Gasteiger partial charge in [0.15, 0.2) is 5.82 Å². The lowest BCUT2D eigenvalue weighted by atomic mass is 10.2. The van der Waals surface area contributed by atoms with Gasteiger partial charge in [-0.05, 0) is 38.8 Å². The lowest BCUT2D eigenvalue weighted by molar-refractivity contribution is 0.288. The highest BCUT2D eigenvalue weighted by atomic mass is 32.1. The van der Waals surface area contributed by atoms with Gasteiger partial charge in [0.1, 0.15) is 23.2 Å². The van der Waals surface area contributed by atoms with Crippen molar-refractivity contribution >= 4 is 11.3 Å². The summed E-state index contributed by atoms with van der Waals surface area (Å²) in [6.07, 6.45) is 2.43. The molecule has 0 bridgehead atoms. The zero-order valence-corrected chi connectivity index (χ0v) is 14.0. The van der Waals surface area contributed by atoms with Crippen LogP contribution in [0.4, 0.5) is 0 Å². The van der Waals surface area contributed by atoms with Gasteiger partial charge in [0.25, 0.3) is 0 Å². The minimum Gasteiger partial charge on any atom is -0.486 e. The largest absolute Gasteiger partial charge is 0.486 e. The maximum atomic E-state index is 5.95. The summed E-state index contributed by atoms with van der Waals surface area (Å²) in [5, 5.41) is 11.5. The average Bonchev–Trinajstić information content (AvgIpc) is 3.19. The molecule has 2 aromatic heterocycles. The van der Waals surface area contributed by atoms with E-state index in [1.54, 1.807) is 11.3 Å². The summed E-state index contributed by atoms with van der Waals surface area (Å²) in [7, 11) is 0. The standard InChI is InChI=1S/C17H18N4OS/c1-11-10-23-17(18-11)13-4-3-5-15(8-13)22-9-16-20-19-12(2)21(16)14-6-7-14/h3-5,8,10,14H,6-7,9H2,1-2H3. The summed E-state index contributed by atoms with van der Waals surface area (Å²) < 4.78 is 8.15. The molecule has 3 aromatic rings. The fraction of sp³-hybridized carbons (Fsp3) is 0.353. The molecule has 1 aromatic carbocycles. The minimum atomic E-state index is 0.442. The van der Waals surface area contributed by atoms with Gasteiger partial charge < -0.3 is 9.30 Å². The first-order valence-electron chi connectivity index (χ1n) is 7.76. The Morgan fingerprint density at radius 1 is 1.26 bits per heavy atom. The number of hydrogen-bond acceptors (Lipinski definition) is 5. The van der Waals surface area contributed by atoms with E-state index in [-0.39, 0.29) is 0 Å².